The SMILES string of the molecule is NNC(c1cccc(Br)c1F)c1cccc2c1OCC2. The first-order valence-corrected chi connectivity index (χ1v) is 7.16. The standard InChI is InChI=1S/C15H14BrFN2O/c16-12-6-2-4-10(13(12)17)14(19-18)11-5-1-3-9-7-8-20-15(9)11/h1-6,14,19H,7-8,18H2. The molecule has 3 nitrogen and oxygen atoms in total. The number of fused-ring (bicyclic) bond motifs is 1. The van der Waals surface area contributed by atoms with Crippen LogP contribution in [0.4, 0.5) is 4.39 Å². The molecular formula is C15H14BrFN2O. The van der Waals surface area contributed by atoms with Gasteiger partial charge in [-0.05, 0) is 27.6 Å². The Bertz CT molecular complexity index is 648. The van der Waals surface area contributed by atoms with Gasteiger partial charge < -0.3 is 4.74 Å². The fourth-order valence-electron chi connectivity index (χ4n) is 2.56. The van der Waals surface area contributed by atoms with Gasteiger partial charge in [-0.2, -0.15) is 0 Å². The van der Waals surface area contributed by atoms with Crippen LogP contribution in [0.15, 0.2) is 40.9 Å². The van der Waals surface area contributed by atoms with Gasteiger partial charge in [-0.25, -0.2) is 9.82 Å². The van der Waals surface area contributed by atoms with Crippen molar-refractivity contribution in [3.8, 4) is 5.75 Å². The van der Waals surface area contributed by atoms with E-state index in [0.717, 1.165) is 23.3 Å². The van der Waals surface area contributed by atoms with Gasteiger partial charge in [0.2, 0.25) is 0 Å². The summed E-state index contributed by atoms with van der Waals surface area (Å²) < 4.78 is 20.4. The summed E-state index contributed by atoms with van der Waals surface area (Å²) in [5.74, 6) is 6.16. The maximum atomic E-state index is 14.3. The molecule has 1 unspecified atom stereocenters. The first-order chi connectivity index (χ1) is 9.72. The molecule has 1 aliphatic rings. The minimum atomic E-state index is -0.444. The number of nitrogens with two attached hydrogens (primary N) is 1. The molecular weight excluding hydrogens is 323 g/mol. The van der Waals surface area contributed by atoms with Crippen molar-refractivity contribution in [1.82, 2.24) is 5.43 Å². The number of hydrazine groups is 1. The highest BCUT2D eigenvalue weighted by atomic mass is 79.9. The van der Waals surface area contributed by atoms with Crippen molar-refractivity contribution in [2.45, 2.75) is 12.5 Å². The molecule has 1 aliphatic heterocycles. The maximum absolute atomic E-state index is 14.3. The van der Waals surface area contributed by atoms with Crippen LogP contribution in [0.3, 0.4) is 0 Å². The van der Waals surface area contributed by atoms with Crippen LogP contribution in [-0.2, 0) is 6.42 Å². The normalized spacial score (nSPS) is 14.8. The first kappa shape index (κ1) is 13.5. The Morgan fingerprint density at radius 3 is 2.75 bits per heavy atom. The van der Waals surface area contributed by atoms with E-state index in [-0.39, 0.29) is 5.82 Å². The van der Waals surface area contributed by atoms with Crippen LogP contribution in [0.5, 0.6) is 5.75 Å². The smallest absolute Gasteiger partial charge is 0.142 e. The topological polar surface area (TPSA) is 47.3 Å². The van der Waals surface area contributed by atoms with E-state index in [2.05, 4.69) is 21.4 Å². The van der Waals surface area contributed by atoms with Crippen molar-refractivity contribution in [3.05, 3.63) is 63.4 Å². The van der Waals surface area contributed by atoms with Crippen molar-refractivity contribution >= 4 is 15.9 Å². The summed E-state index contributed by atoms with van der Waals surface area (Å²) in [6, 6.07) is 10.6. The first-order valence-electron chi connectivity index (χ1n) is 6.37. The summed E-state index contributed by atoms with van der Waals surface area (Å²) in [5.41, 5.74) is 5.18. The average Bonchev–Trinajstić information content (AvgIpc) is 2.93. The molecule has 3 N–H and O–H groups in total. The van der Waals surface area contributed by atoms with E-state index in [9.17, 15) is 4.39 Å². The highest BCUT2D eigenvalue weighted by Gasteiger charge is 2.25. The predicted molar refractivity (Wildman–Crippen MR) is 78.9 cm³/mol. The molecule has 20 heavy (non-hydrogen) atoms. The van der Waals surface area contributed by atoms with Crippen molar-refractivity contribution in [3.63, 3.8) is 0 Å². The largest absolute Gasteiger partial charge is 0.493 e. The molecule has 104 valence electrons. The number of halogens is 2. The zero-order valence-electron chi connectivity index (χ0n) is 10.7. The zero-order valence-corrected chi connectivity index (χ0v) is 12.3. The lowest BCUT2D eigenvalue weighted by molar-refractivity contribution is 0.350. The monoisotopic (exact) mass is 336 g/mol. The number of hydrogen-bond acceptors (Lipinski definition) is 3. The van der Waals surface area contributed by atoms with Gasteiger partial charge in [0.25, 0.3) is 0 Å². The van der Waals surface area contributed by atoms with E-state index in [1.54, 1.807) is 18.2 Å². The summed E-state index contributed by atoms with van der Waals surface area (Å²) in [5, 5.41) is 0. The second-order valence-electron chi connectivity index (χ2n) is 4.68. The number of nitrogens with one attached hydrogen (secondary N) is 1. The van der Waals surface area contributed by atoms with Crippen LogP contribution >= 0.6 is 15.9 Å². The summed E-state index contributed by atoms with van der Waals surface area (Å²) in [6.45, 7) is 0.657. The minimum Gasteiger partial charge on any atom is -0.493 e. The summed E-state index contributed by atoms with van der Waals surface area (Å²) in [4.78, 5) is 0. The van der Waals surface area contributed by atoms with Crippen molar-refractivity contribution in [2.24, 2.45) is 5.84 Å². The quantitative estimate of drug-likeness (QED) is 0.668. The highest BCUT2D eigenvalue weighted by molar-refractivity contribution is 9.10. The summed E-state index contributed by atoms with van der Waals surface area (Å²) >= 11 is 3.20. The highest BCUT2D eigenvalue weighted by Crippen LogP contribution is 2.37. The van der Waals surface area contributed by atoms with E-state index in [0.29, 0.717) is 16.6 Å². The molecule has 0 fully saturated rings. The fraction of sp³-hybridized carbons (Fsp3) is 0.200. The Balaban J connectivity index is 2.11. The minimum absolute atomic E-state index is 0.314. The van der Waals surface area contributed by atoms with Crippen LogP contribution in [-0.4, -0.2) is 6.61 Å². The molecule has 0 radical (unpaired) electrons. The Morgan fingerprint density at radius 1 is 1.20 bits per heavy atom. The summed E-state index contributed by atoms with van der Waals surface area (Å²) in [7, 11) is 0. The molecule has 5 heteroatoms. The molecule has 0 saturated carbocycles. The number of ether oxygens (including phenoxy) is 1. The third kappa shape index (κ3) is 2.22. The molecule has 0 aliphatic carbocycles. The molecule has 0 bridgehead atoms. The van der Waals surface area contributed by atoms with E-state index in [4.69, 9.17) is 10.6 Å². The van der Waals surface area contributed by atoms with Gasteiger partial charge in [0.15, 0.2) is 0 Å². The van der Waals surface area contributed by atoms with Crippen LogP contribution in [0, 0.1) is 5.82 Å². The Labute approximate surface area is 125 Å². The molecule has 0 saturated heterocycles. The van der Waals surface area contributed by atoms with Gasteiger partial charge in [-0.3, -0.25) is 5.84 Å². The van der Waals surface area contributed by atoms with Gasteiger partial charge in [0.1, 0.15) is 11.6 Å². The third-order valence-corrected chi connectivity index (χ3v) is 4.13. The second-order valence-corrected chi connectivity index (χ2v) is 5.53. The Kier molecular flexibility index (Phi) is 3.74. The molecule has 2 aromatic rings. The summed E-state index contributed by atoms with van der Waals surface area (Å²) in [6.07, 6.45) is 0.876. The predicted octanol–water partition coefficient (Wildman–Crippen LogP) is 3.08. The lowest BCUT2D eigenvalue weighted by Gasteiger charge is -2.20. The third-order valence-electron chi connectivity index (χ3n) is 3.51. The van der Waals surface area contributed by atoms with Crippen molar-refractivity contribution in [2.75, 3.05) is 6.61 Å². The lowest BCUT2D eigenvalue weighted by Crippen LogP contribution is -2.30. The maximum Gasteiger partial charge on any atom is 0.142 e. The number of benzene rings is 2. The molecule has 0 aromatic heterocycles. The van der Waals surface area contributed by atoms with Crippen LogP contribution < -0.4 is 16.0 Å². The van der Waals surface area contributed by atoms with Gasteiger partial charge >= 0.3 is 0 Å². The van der Waals surface area contributed by atoms with Gasteiger partial charge in [-0.1, -0.05) is 30.3 Å². The number of para-hydroxylation sites is 1. The van der Waals surface area contributed by atoms with E-state index in [1.165, 1.54) is 0 Å². The fourth-order valence-corrected chi connectivity index (χ4v) is 2.94. The van der Waals surface area contributed by atoms with Crippen molar-refractivity contribution < 1.29 is 9.13 Å². The van der Waals surface area contributed by atoms with E-state index < -0.39 is 6.04 Å². The van der Waals surface area contributed by atoms with Crippen LogP contribution in [0.1, 0.15) is 22.7 Å². The molecule has 3 rings (SSSR count). The second kappa shape index (κ2) is 5.52. The Morgan fingerprint density at radius 2 is 1.95 bits per heavy atom. The Hall–Kier alpha value is -1.43. The van der Waals surface area contributed by atoms with Gasteiger partial charge in [0.05, 0.1) is 17.1 Å². The van der Waals surface area contributed by atoms with Crippen LogP contribution in [0.2, 0.25) is 0 Å². The molecule has 1 atom stereocenters. The molecule has 0 spiro atoms. The van der Waals surface area contributed by atoms with Crippen LogP contribution in [0.25, 0.3) is 0 Å². The van der Waals surface area contributed by atoms with E-state index in [1.807, 2.05) is 18.2 Å². The number of hydrogen-bond donors (Lipinski definition) is 2. The molecule has 1 heterocycles. The van der Waals surface area contributed by atoms with Crippen molar-refractivity contribution in [1.29, 1.82) is 0 Å². The average molecular weight is 337 g/mol. The molecule has 2 aromatic carbocycles. The number of rotatable bonds is 3. The molecule has 0 amide bonds. The van der Waals surface area contributed by atoms with E-state index >= 15 is 0 Å². The lowest BCUT2D eigenvalue weighted by atomic mass is 9.96. The zero-order chi connectivity index (χ0) is 14.1. The van der Waals surface area contributed by atoms with Gasteiger partial charge in [0, 0.05) is 17.5 Å². The van der Waals surface area contributed by atoms with Gasteiger partial charge in [-0.15, -0.1) is 0 Å².